The van der Waals surface area contributed by atoms with Gasteiger partial charge in [0.15, 0.2) is 0 Å². The van der Waals surface area contributed by atoms with Crippen molar-refractivity contribution in [2.45, 2.75) is 71.1 Å². The van der Waals surface area contributed by atoms with E-state index in [4.69, 9.17) is 0 Å². The highest BCUT2D eigenvalue weighted by atomic mass is 19.4. The summed E-state index contributed by atoms with van der Waals surface area (Å²) in [5, 5.41) is 13.0. The summed E-state index contributed by atoms with van der Waals surface area (Å²) >= 11 is 0. The molecule has 0 saturated carbocycles. The van der Waals surface area contributed by atoms with Gasteiger partial charge in [-0.15, -0.1) is 0 Å². The zero-order valence-electron chi connectivity index (χ0n) is 13.8. The summed E-state index contributed by atoms with van der Waals surface area (Å²) in [5.41, 5.74) is -0.364. The summed E-state index contributed by atoms with van der Waals surface area (Å²) in [6.07, 6.45) is -1.11. The van der Waals surface area contributed by atoms with Crippen molar-refractivity contribution < 1.29 is 18.3 Å². The molecule has 0 saturated heterocycles. The number of nitrogens with one attached hydrogen (secondary N) is 1. The zero-order valence-corrected chi connectivity index (χ0v) is 13.8. The van der Waals surface area contributed by atoms with Crippen LogP contribution in [-0.2, 0) is 0 Å². The van der Waals surface area contributed by atoms with Gasteiger partial charge in [-0.1, -0.05) is 13.8 Å². The van der Waals surface area contributed by atoms with Gasteiger partial charge in [0.05, 0.1) is 13.2 Å². The molecule has 0 aromatic heterocycles. The van der Waals surface area contributed by atoms with Gasteiger partial charge in [-0.3, -0.25) is 4.90 Å². The van der Waals surface area contributed by atoms with E-state index in [1.165, 1.54) is 4.90 Å². The van der Waals surface area contributed by atoms with Crippen LogP contribution in [0.4, 0.5) is 13.2 Å². The van der Waals surface area contributed by atoms with E-state index in [0.717, 1.165) is 19.4 Å². The molecule has 0 aliphatic rings. The fraction of sp³-hybridized carbons (Fsp3) is 1.00. The van der Waals surface area contributed by atoms with Gasteiger partial charge < -0.3 is 10.4 Å². The average molecular weight is 312 g/mol. The fourth-order valence-electron chi connectivity index (χ4n) is 2.40. The summed E-state index contributed by atoms with van der Waals surface area (Å²) in [7, 11) is 0. The Morgan fingerprint density at radius 2 is 1.81 bits per heavy atom. The molecule has 0 aliphatic carbocycles. The zero-order chi connectivity index (χ0) is 16.5. The van der Waals surface area contributed by atoms with Gasteiger partial charge in [0.25, 0.3) is 0 Å². The lowest BCUT2D eigenvalue weighted by molar-refractivity contribution is -0.149. The Hall–Kier alpha value is -0.330. The lowest BCUT2D eigenvalue weighted by atomic mass is 9.91. The molecule has 6 heteroatoms. The molecule has 0 spiro atoms. The number of hydrogen-bond donors (Lipinski definition) is 2. The molecule has 2 N–H and O–H groups in total. The summed E-state index contributed by atoms with van der Waals surface area (Å²) in [6, 6.07) is -0.139. The molecule has 0 heterocycles. The topological polar surface area (TPSA) is 35.5 Å². The molecule has 0 aromatic carbocycles. The average Bonchev–Trinajstić information content (AvgIpc) is 2.40. The predicted octanol–water partition coefficient (Wildman–Crippen LogP) is 3.18. The van der Waals surface area contributed by atoms with Crippen molar-refractivity contribution in [3.05, 3.63) is 0 Å². The van der Waals surface area contributed by atoms with Gasteiger partial charge in [0, 0.05) is 11.6 Å². The fourth-order valence-corrected chi connectivity index (χ4v) is 2.40. The van der Waals surface area contributed by atoms with Crippen LogP contribution < -0.4 is 5.32 Å². The van der Waals surface area contributed by atoms with E-state index in [0.29, 0.717) is 19.4 Å². The minimum atomic E-state index is -4.16. The minimum absolute atomic E-state index is 0.0183. The Kier molecular flexibility index (Phi) is 9.49. The largest absolute Gasteiger partial charge is 0.401 e. The highest BCUT2D eigenvalue weighted by Gasteiger charge is 2.32. The Labute approximate surface area is 126 Å². The molecule has 128 valence electrons. The van der Waals surface area contributed by atoms with E-state index in [-0.39, 0.29) is 18.2 Å². The number of nitrogens with zero attached hydrogens (tertiary/aromatic N) is 1. The second-order valence-corrected chi connectivity index (χ2v) is 6.00. The second-order valence-electron chi connectivity index (χ2n) is 6.00. The molecule has 0 bridgehead atoms. The Balaban J connectivity index is 4.44. The number of hydrogen-bond acceptors (Lipinski definition) is 3. The van der Waals surface area contributed by atoms with Crippen LogP contribution in [0, 0.1) is 0 Å². The molecular formula is C15H31F3N2O. The third-order valence-corrected chi connectivity index (χ3v) is 3.94. The van der Waals surface area contributed by atoms with Crippen LogP contribution in [0.5, 0.6) is 0 Å². The van der Waals surface area contributed by atoms with Crippen LogP contribution in [0.2, 0.25) is 0 Å². The summed E-state index contributed by atoms with van der Waals surface area (Å²) in [5.74, 6) is 0. The van der Waals surface area contributed by atoms with Crippen LogP contribution in [-0.4, -0.2) is 54.0 Å². The maximum absolute atomic E-state index is 12.5. The van der Waals surface area contributed by atoms with Gasteiger partial charge in [-0.2, -0.15) is 13.2 Å². The summed E-state index contributed by atoms with van der Waals surface area (Å²) < 4.78 is 37.6. The molecule has 1 unspecified atom stereocenters. The highest BCUT2D eigenvalue weighted by molar-refractivity contribution is 4.86. The van der Waals surface area contributed by atoms with E-state index in [1.807, 2.05) is 6.92 Å². The van der Waals surface area contributed by atoms with Gasteiger partial charge in [-0.25, -0.2) is 0 Å². The Morgan fingerprint density at radius 1 is 1.19 bits per heavy atom. The van der Waals surface area contributed by atoms with E-state index in [1.54, 1.807) is 13.8 Å². The van der Waals surface area contributed by atoms with Crippen molar-refractivity contribution in [2.24, 2.45) is 0 Å². The number of aliphatic hydroxyl groups is 1. The Bertz CT molecular complexity index is 266. The minimum Gasteiger partial charge on any atom is -0.394 e. The number of alkyl halides is 3. The summed E-state index contributed by atoms with van der Waals surface area (Å²) in [4.78, 5) is 1.44. The first-order chi connectivity index (χ1) is 9.69. The first-order valence-corrected chi connectivity index (χ1v) is 7.86. The predicted molar refractivity (Wildman–Crippen MR) is 80.4 cm³/mol. The third kappa shape index (κ3) is 8.63. The molecule has 21 heavy (non-hydrogen) atoms. The van der Waals surface area contributed by atoms with Crippen molar-refractivity contribution in [3.63, 3.8) is 0 Å². The number of rotatable bonds is 11. The monoisotopic (exact) mass is 312 g/mol. The molecule has 0 fully saturated rings. The maximum Gasteiger partial charge on any atom is 0.401 e. The van der Waals surface area contributed by atoms with Crippen LogP contribution in [0.25, 0.3) is 0 Å². The molecular weight excluding hydrogens is 281 g/mol. The van der Waals surface area contributed by atoms with Crippen LogP contribution in [0.3, 0.4) is 0 Å². The van der Waals surface area contributed by atoms with Crippen LogP contribution in [0.15, 0.2) is 0 Å². The van der Waals surface area contributed by atoms with Crippen molar-refractivity contribution in [2.75, 3.05) is 26.2 Å². The second kappa shape index (κ2) is 9.64. The molecule has 0 amide bonds. The van der Waals surface area contributed by atoms with Crippen molar-refractivity contribution in [1.29, 1.82) is 0 Å². The number of halogens is 3. The quantitative estimate of drug-likeness (QED) is 0.615. The molecule has 0 aliphatic heterocycles. The summed E-state index contributed by atoms with van der Waals surface area (Å²) in [6.45, 7) is 7.96. The molecule has 3 nitrogen and oxygen atoms in total. The first-order valence-electron chi connectivity index (χ1n) is 7.86. The van der Waals surface area contributed by atoms with Crippen molar-refractivity contribution in [3.8, 4) is 0 Å². The molecule has 0 aromatic rings. The normalized spacial score (nSPS) is 15.7. The van der Waals surface area contributed by atoms with Crippen molar-refractivity contribution in [1.82, 2.24) is 10.2 Å². The lowest BCUT2D eigenvalue weighted by Crippen LogP contribution is -2.49. The lowest BCUT2D eigenvalue weighted by Gasteiger charge is -2.34. The first kappa shape index (κ1) is 20.7. The standard InChI is InChI=1S/C15H31F3N2O/c1-5-9-19-14(6-2,12-21)8-7-10-20(13(3)4)11-15(16,17)18/h13,19,21H,5-12H2,1-4H3. The molecule has 0 radical (unpaired) electrons. The molecule has 1 atom stereocenters. The van der Waals surface area contributed by atoms with Crippen molar-refractivity contribution >= 4 is 0 Å². The maximum atomic E-state index is 12.5. The van der Waals surface area contributed by atoms with E-state index in [2.05, 4.69) is 12.2 Å². The van der Waals surface area contributed by atoms with Crippen LogP contribution >= 0.6 is 0 Å². The van der Waals surface area contributed by atoms with E-state index >= 15 is 0 Å². The van der Waals surface area contributed by atoms with Gasteiger partial charge in [0.2, 0.25) is 0 Å². The van der Waals surface area contributed by atoms with Gasteiger partial charge >= 0.3 is 6.18 Å². The van der Waals surface area contributed by atoms with Gasteiger partial charge in [0.1, 0.15) is 0 Å². The number of aliphatic hydroxyl groups excluding tert-OH is 1. The highest BCUT2D eigenvalue weighted by Crippen LogP contribution is 2.21. The smallest absolute Gasteiger partial charge is 0.394 e. The third-order valence-electron chi connectivity index (χ3n) is 3.94. The van der Waals surface area contributed by atoms with E-state index in [9.17, 15) is 18.3 Å². The Morgan fingerprint density at radius 3 is 2.19 bits per heavy atom. The molecule has 0 rings (SSSR count). The van der Waals surface area contributed by atoms with Gasteiger partial charge in [-0.05, 0) is 52.6 Å². The van der Waals surface area contributed by atoms with E-state index < -0.39 is 12.7 Å². The van der Waals surface area contributed by atoms with Crippen LogP contribution in [0.1, 0.15) is 53.4 Å². The SMILES string of the molecule is CCCNC(CC)(CO)CCCN(CC(F)(F)F)C(C)C.